The molecule has 1 aromatic heterocycles. The summed E-state index contributed by atoms with van der Waals surface area (Å²) in [7, 11) is 0. The highest BCUT2D eigenvalue weighted by Crippen LogP contribution is 2.25. The van der Waals surface area contributed by atoms with Crippen LogP contribution in [0.4, 0.5) is 5.13 Å². The van der Waals surface area contributed by atoms with Gasteiger partial charge in [-0.1, -0.05) is 52.0 Å². The van der Waals surface area contributed by atoms with E-state index >= 15 is 0 Å². The zero-order valence-corrected chi connectivity index (χ0v) is 15.3. The fourth-order valence-corrected chi connectivity index (χ4v) is 2.70. The molecule has 0 aliphatic rings. The third-order valence-corrected chi connectivity index (χ3v) is 4.26. The zero-order valence-electron chi connectivity index (χ0n) is 14.5. The van der Waals surface area contributed by atoms with Crippen LogP contribution < -0.4 is 10.6 Å². The number of rotatable bonds is 5. The molecule has 0 spiro atoms. The van der Waals surface area contributed by atoms with Crippen molar-refractivity contribution in [2.45, 2.75) is 34.1 Å². The lowest BCUT2D eigenvalue weighted by molar-refractivity contribution is -0.130. The van der Waals surface area contributed by atoms with Crippen LogP contribution in [0.1, 0.15) is 33.3 Å². The molecule has 0 radical (unpaired) electrons. The van der Waals surface area contributed by atoms with Gasteiger partial charge in [-0.3, -0.25) is 9.59 Å². The van der Waals surface area contributed by atoms with Crippen LogP contribution in [0.3, 0.4) is 0 Å². The molecule has 0 unspecified atom stereocenters. The summed E-state index contributed by atoms with van der Waals surface area (Å²) in [5.41, 5.74) is 2.61. The number of hydrogen-bond acceptors (Lipinski definition) is 4. The third kappa shape index (κ3) is 4.89. The number of aromatic nitrogens is 1. The second-order valence-electron chi connectivity index (χ2n) is 6.57. The molecule has 0 saturated carbocycles. The van der Waals surface area contributed by atoms with Crippen molar-refractivity contribution in [1.82, 2.24) is 10.3 Å². The van der Waals surface area contributed by atoms with E-state index in [1.54, 1.807) is 20.8 Å². The van der Waals surface area contributed by atoms with E-state index < -0.39 is 5.41 Å². The maximum absolute atomic E-state index is 11.9. The van der Waals surface area contributed by atoms with Crippen molar-refractivity contribution in [3.8, 4) is 11.3 Å². The Morgan fingerprint density at radius 3 is 2.42 bits per heavy atom. The SMILES string of the molecule is CCc1ccc(-c2csc(NC(=O)CNC(=O)C(C)(C)C)n2)cc1. The summed E-state index contributed by atoms with van der Waals surface area (Å²) in [6.07, 6.45) is 0.999. The van der Waals surface area contributed by atoms with Gasteiger partial charge in [0.25, 0.3) is 0 Å². The number of hydrogen-bond donors (Lipinski definition) is 2. The van der Waals surface area contributed by atoms with E-state index in [0.29, 0.717) is 5.13 Å². The maximum atomic E-state index is 11.9. The van der Waals surface area contributed by atoms with E-state index in [2.05, 4.69) is 34.7 Å². The molecule has 0 fully saturated rings. The summed E-state index contributed by atoms with van der Waals surface area (Å²) in [5.74, 6) is -0.441. The minimum Gasteiger partial charge on any atom is -0.347 e. The highest BCUT2D eigenvalue weighted by molar-refractivity contribution is 7.14. The zero-order chi connectivity index (χ0) is 17.7. The number of carbonyl (C=O) groups excluding carboxylic acids is 2. The van der Waals surface area contributed by atoms with Crippen molar-refractivity contribution in [2.24, 2.45) is 5.41 Å². The summed E-state index contributed by atoms with van der Waals surface area (Å²) in [5, 5.41) is 7.77. The number of nitrogens with one attached hydrogen (secondary N) is 2. The lowest BCUT2D eigenvalue weighted by atomic mass is 9.96. The molecule has 0 aliphatic carbocycles. The standard InChI is InChI=1S/C18H23N3O2S/c1-5-12-6-8-13(9-7-12)14-11-24-17(20-14)21-15(22)10-19-16(23)18(2,3)4/h6-9,11H,5,10H2,1-4H3,(H,19,23)(H,20,21,22). The van der Waals surface area contributed by atoms with Crippen LogP contribution in [0.2, 0.25) is 0 Å². The number of thiazole rings is 1. The van der Waals surface area contributed by atoms with Gasteiger partial charge in [0.2, 0.25) is 11.8 Å². The molecule has 1 heterocycles. The summed E-state index contributed by atoms with van der Waals surface area (Å²) < 4.78 is 0. The van der Waals surface area contributed by atoms with Gasteiger partial charge in [-0.05, 0) is 12.0 Å². The number of nitrogens with zero attached hydrogens (tertiary/aromatic N) is 1. The van der Waals surface area contributed by atoms with Gasteiger partial charge >= 0.3 is 0 Å². The van der Waals surface area contributed by atoms with Crippen LogP contribution >= 0.6 is 11.3 Å². The Kier molecular flexibility index (Phi) is 5.72. The van der Waals surface area contributed by atoms with Crippen LogP contribution in [0.5, 0.6) is 0 Å². The molecule has 128 valence electrons. The first-order valence-electron chi connectivity index (χ1n) is 7.92. The Morgan fingerprint density at radius 2 is 1.83 bits per heavy atom. The Morgan fingerprint density at radius 1 is 1.17 bits per heavy atom. The Balaban J connectivity index is 1.93. The summed E-state index contributed by atoms with van der Waals surface area (Å²) in [4.78, 5) is 28.1. The van der Waals surface area contributed by atoms with E-state index in [-0.39, 0.29) is 18.4 Å². The van der Waals surface area contributed by atoms with Crippen LogP contribution in [0, 0.1) is 5.41 Å². The van der Waals surface area contributed by atoms with Crippen LogP contribution in [-0.2, 0) is 16.0 Å². The molecule has 0 bridgehead atoms. The van der Waals surface area contributed by atoms with Crippen LogP contribution in [0.15, 0.2) is 29.6 Å². The van der Waals surface area contributed by atoms with Gasteiger partial charge in [0.05, 0.1) is 12.2 Å². The van der Waals surface area contributed by atoms with Gasteiger partial charge in [0.15, 0.2) is 5.13 Å². The normalized spacial score (nSPS) is 11.2. The van der Waals surface area contributed by atoms with Crippen molar-refractivity contribution < 1.29 is 9.59 Å². The van der Waals surface area contributed by atoms with Crippen molar-refractivity contribution in [2.75, 3.05) is 11.9 Å². The number of aryl methyl sites for hydroxylation is 1. The summed E-state index contributed by atoms with van der Waals surface area (Å²) in [6.45, 7) is 7.46. The van der Waals surface area contributed by atoms with Crippen LogP contribution in [-0.4, -0.2) is 23.3 Å². The first-order valence-corrected chi connectivity index (χ1v) is 8.80. The number of anilines is 1. The van der Waals surface area contributed by atoms with Gasteiger partial charge in [-0.2, -0.15) is 0 Å². The van der Waals surface area contributed by atoms with Gasteiger partial charge < -0.3 is 10.6 Å². The van der Waals surface area contributed by atoms with E-state index in [4.69, 9.17) is 0 Å². The Hall–Kier alpha value is -2.21. The molecule has 2 rings (SSSR count). The average molecular weight is 345 g/mol. The fourth-order valence-electron chi connectivity index (χ4n) is 1.96. The molecule has 5 nitrogen and oxygen atoms in total. The highest BCUT2D eigenvalue weighted by Gasteiger charge is 2.21. The topological polar surface area (TPSA) is 71.1 Å². The van der Waals surface area contributed by atoms with Crippen molar-refractivity contribution >= 4 is 28.3 Å². The second kappa shape index (κ2) is 7.57. The molecule has 0 atom stereocenters. The lowest BCUT2D eigenvalue weighted by Gasteiger charge is -2.17. The lowest BCUT2D eigenvalue weighted by Crippen LogP contribution is -2.39. The minimum absolute atomic E-state index is 0.0593. The molecule has 2 aromatic rings. The molecule has 0 saturated heterocycles. The second-order valence-corrected chi connectivity index (χ2v) is 7.43. The minimum atomic E-state index is -0.515. The van der Waals surface area contributed by atoms with Gasteiger partial charge in [-0.25, -0.2) is 4.98 Å². The van der Waals surface area contributed by atoms with Crippen molar-refractivity contribution in [3.63, 3.8) is 0 Å². The average Bonchev–Trinajstić information content (AvgIpc) is 3.00. The predicted octanol–water partition coefficient (Wildman–Crippen LogP) is 3.47. The quantitative estimate of drug-likeness (QED) is 0.871. The molecule has 0 aliphatic heterocycles. The monoisotopic (exact) mass is 345 g/mol. The van der Waals surface area contributed by atoms with E-state index in [1.807, 2.05) is 17.5 Å². The van der Waals surface area contributed by atoms with Crippen molar-refractivity contribution in [1.29, 1.82) is 0 Å². The van der Waals surface area contributed by atoms with Gasteiger partial charge in [0.1, 0.15) is 0 Å². The summed E-state index contributed by atoms with van der Waals surface area (Å²) in [6, 6.07) is 8.22. The maximum Gasteiger partial charge on any atom is 0.245 e. The summed E-state index contributed by atoms with van der Waals surface area (Å²) >= 11 is 1.37. The third-order valence-electron chi connectivity index (χ3n) is 3.50. The molecular weight excluding hydrogens is 322 g/mol. The van der Waals surface area contributed by atoms with E-state index in [0.717, 1.165) is 17.7 Å². The fraction of sp³-hybridized carbons (Fsp3) is 0.389. The van der Waals surface area contributed by atoms with E-state index in [1.165, 1.54) is 16.9 Å². The Bertz CT molecular complexity index is 715. The highest BCUT2D eigenvalue weighted by atomic mass is 32.1. The van der Waals surface area contributed by atoms with Crippen LogP contribution in [0.25, 0.3) is 11.3 Å². The molecular formula is C18H23N3O2S. The molecule has 6 heteroatoms. The largest absolute Gasteiger partial charge is 0.347 e. The van der Waals surface area contributed by atoms with Gasteiger partial charge in [-0.15, -0.1) is 11.3 Å². The van der Waals surface area contributed by atoms with Crippen molar-refractivity contribution in [3.05, 3.63) is 35.2 Å². The first-order chi connectivity index (χ1) is 11.3. The predicted molar refractivity (Wildman–Crippen MR) is 98.0 cm³/mol. The van der Waals surface area contributed by atoms with E-state index in [9.17, 15) is 9.59 Å². The molecule has 2 amide bonds. The number of amides is 2. The molecule has 24 heavy (non-hydrogen) atoms. The number of benzene rings is 1. The Labute approximate surface area is 146 Å². The number of carbonyl (C=O) groups is 2. The molecule has 1 aromatic carbocycles. The van der Waals surface area contributed by atoms with Gasteiger partial charge in [0, 0.05) is 16.4 Å². The smallest absolute Gasteiger partial charge is 0.245 e. The molecule has 2 N–H and O–H groups in total. The first kappa shape index (κ1) is 18.1.